The number of carbonyl (C=O) groups excluding carboxylic acids is 2. The zero-order chi connectivity index (χ0) is 20.3. The summed E-state index contributed by atoms with van der Waals surface area (Å²) in [5.74, 6) is 0.727. The molecule has 1 N–H and O–H groups in total. The van der Waals surface area contributed by atoms with Crippen LogP contribution >= 0.6 is 11.6 Å². The number of hydrogen-bond donors (Lipinski definition) is 1. The Kier molecular flexibility index (Phi) is 5.90. The van der Waals surface area contributed by atoms with Crippen molar-refractivity contribution >= 4 is 35.3 Å². The molecule has 3 amide bonds. The number of benzene rings is 2. The molecule has 1 fully saturated rings. The molecular formula is C21H21ClN2O4. The highest BCUT2D eigenvalue weighted by atomic mass is 35.5. The van der Waals surface area contributed by atoms with E-state index in [0.717, 1.165) is 11.3 Å². The Balaban J connectivity index is 1.87. The minimum atomic E-state index is -0.526. The van der Waals surface area contributed by atoms with E-state index < -0.39 is 11.9 Å². The number of hydrogen-bond acceptors (Lipinski definition) is 4. The molecule has 146 valence electrons. The number of halogens is 1. The molecule has 2 aromatic rings. The summed E-state index contributed by atoms with van der Waals surface area (Å²) in [4.78, 5) is 26.1. The van der Waals surface area contributed by atoms with Crippen LogP contribution in [0.25, 0.3) is 6.08 Å². The van der Waals surface area contributed by atoms with Gasteiger partial charge >= 0.3 is 6.03 Å². The molecule has 1 atom stereocenters. The van der Waals surface area contributed by atoms with Crippen LogP contribution in [0.1, 0.15) is 25.8 Å². The van der Waals surface area contributed by atoms with Gasteiger partial charge < -0.3 is 14.8 Å². The standard InChI is InChI=1S/C21H21ClN2O4/c1-4-13(2)28-18-9-8-14(11-19(18)27-3)10-17-20(25)24(21(26)23-17)16-7-5-6-15(22)12-16/h5-13H,4H2,1-3H3,(H,23,26)/b17-10-/t13-/m0/s1. The third-order valence-corrected chi connectivity index (χ3v) is 4.58. The lowest BCUT2D eigenvalue weighted by atomic mass is 10.1. The maximum Gasteiger partial charge on any atom is 0.333 e. The fraction of sp³-hybridized carbons (Fsp3) is 0.238. The van der Waals surface area contributed by atoms with Crippen molar-refractivity contribution in [1.82, 2.24) is 5.32 Å². The van der Waals surface area contributed by atoms with Crippen LogP contribution in [-0.2, 0) is 4.79 Å². The van der Waals surface area contributed by atoms with E-state index in [1.165, 1.54) is 0 Å². The Morgan fingerprint density at radius 3 is 2.64 bits per heavy atom. The Hall–Kier alpha value is -2.99. The van der Waals surface area contributed by atoms with Gasteiger partial charge in [-0.1, -0.05) is 30.7 Å². The third-order valence-electron chi connectivity index (χ3n) is 4.35. The van der Waals surface area contributed by atoms with Gasteiger partial charge in [0.05, 0.1) is 18.9 Å². The number of amides is 3. The highest BCUT2D eigenvalue weighted by Gasteiger charge is 2.34. The van der Waals surface area contributed by atoms with Crippen molar-refractivity contribution in [1.29, 1.82) is 0 Å². The highest BCUT2D eigenvalue weighted by molar-refractivity contribution is 6.32. The molecule has 1 heterocycles. The Morgan fingerprint density at radius 1 is 1.18 bits per heavy atom. The van der Waals surface area contributed by atoms with Crippen LogP contribution in [0.15, 0.2) is 48.2 Å². The van der Waals surface area contributed by atoms with Gasteiger partial charge in [0.1, 0.15) is 5.70 Å². The Morgan fingerprint density at radius 2 is 1.96 bits per heavy atom. The first-order chi connectivity index (χ1) is 13.4. The number of anilines is 1. The molecule has 2 aromatic carbocycles. The van der Waals surface area contributed by atoms with Gasteiger partial charge in [0, 0.05) is 5.02 Å². The molecule has 0 aliphatic carbocycles. The molecule has 28 heavy (non-hydrogen) atoms. The highest BCUT2D eigenvalue weighted by Crippen LogP contribution is 2.31. The van der Waals surface area contributed by atoms with Gasteiger partial charge in [-0.3, -0.25) is 4.79 Å². The lowest BCUT2D eigenvalue weighted by molar-refractivity contribution is -0.113. The van der Waals surface area contributed by atoms with Gasteiger partial charge in [0.2, 0.25) is 0 Å². The summed E-state index contributed by atoms with van der Waals surface area (Å²) in [6.07, 6.45) is 2.52. The summed E-state index contributed by atoms with van der Waals surface area (Å²) in [6, 6.07) is 11.4. The van der Waals surface area contributed by atoms with E-state index in [9.17, 15) is 9.59 Å². The fourth-order valence-corrected chi connectivity index (χ4v) is 2.91. The molecule has 0 saturated carbocycles. The topological polar surface area (TPSA) is 67.9 Å². The second-order valence-corrected chi connectivity index (χ2v) is 6.79. The van der Waals surface area contributed by atoms with E-state index >= 15 is 0 Å². The van der Waals surface area contributed by atoms with Crippen molar-refractivity contribution in [3.8, 4) is 11.5 Å². The molecule has 1 aliphatic rings. The average Bonchev–Trinajstić information content (AvgIpc) is 2.95. The van der Waals surface area contributed by atoms with E-state index in [1.807, 2.05) is 13.8 Å². The second-order valence-electron chi connectivity index (χ2n) is 6.36. The number of imide groups is 1. The molecule has 0 spiro atoms. The molecule has 7 heteroatoms. The maximum atomic E-state index is 12.7. The first kappa shape index (κ1) is 19.8. The van der Waals surface area contributed by atoms with Gasteiger partial charge in [-0.15, -0.1) is 0 Å². The fourth-order valence-electron chi connectivity index (χ4n) is 2.72. The van der Waals surface area contributed by atoms with Crippen LogP contribution in [0, 0.1) is 0 Å². The number of nitrogens with one attached hydrogen (secondary N) is 1. The van der Waals surface area contributed by atoms with Crippen molar-refractivity contribution in [2.75, 3.05) is 12.0 Å². The first-order valence-electron chi connectivity index (χ1n) is 8.90. The van der Waals surface area contributed by atoms with E-state index in [2.05, 4.69) is 5.32 Å². The van der Waals surface area contributed by atoms with Crippen molar-refractivity contribution in [2.45, 2.75) is 26.4 Å². The predicted molar refractivity (Wildman–Crippen MR) is 109 cm³/mol. The van der Waals surface area contributed by atoms with Crippen molar-refractivity contribution in [3.63, 3.8) is 0 Å². The molecule has 1 saturated heterocycles. The molecule has 3 rings (SSSR count). The second kappa shape index (κ2) is 8.35. The minimum Gasteiger partial charge on any atom is -0.493 e. The summed E-state index contributed by atoms with van der Waals surface area (Å²) in [5, 5.41) is 3.04. The predicted octanol–water partition coefficient (Wildman–Crippen LogP) is 4.62. The molecule has 0 aromatic heterocycles. The van der Waals surface area contributed by atoms with Crippen LogP contribution in [0.4, 0.5) is 10.5 Å². The van der Waals surface area contributed by atoms with Crippen LogP contribution in [-0.4, -0.2) is 25.2 Å². The lowest BCUT2D eigenvalue weighted by Gasteiger charge is -2.15. The smallest absolute Gasteiger partial charge is 0.333 e. The zero-order valence-electron chi connectivity index (χ0n) is 15.9. The van der Waals surface area contributed by atoms with Gasteiger partial charge in [0.25, 0.3) is 5.91 Å². The van der Waals surface area contributed by atoms with E-state index in [4.69, 9.17) is 21.1 Å². The normalized spacial score (nSPS) is 16.3. The number of rotatable bonds is 6. The number of carbonyl (C=O) groups is 2. The van der Waals surface area contributed by atoms with Crippen LogP contribution in [0.2, 0.25) is 5.02 Å². The number of nitrogens with zero attached hydrogens (tertiary/aromatic N) is 1. The van der Waals surface area contributed by atoms with Gasteiger partial charge in [-0.05, 0) is 55.3 Å². The molecule has 6 nitrogen and oxygen atoms in total. The monoisotopic (exact) mass is 400 g/mol. The van der Waals surface area contributed by atoms with Gasteiger partial charge in [-0.2, -0.15) is 0 Å². The Labute approximate surface area is 168 Å². The third kappa shape index (κ3) is 4.12. The van der Waals surface area contributed by atoms with Crippen molar-refractivity contribution in [2.24, 2.45) is 0 Å². The zero-order valence-corrected chi connectivity index (χ0v) is 16.6. The molecule has 0 radical (unpaired) electrons. The van der Waals surface area contributed by atoms with Crippen molar-refractivity contribution in [3.05, 3.63) is 58.7 Å². The summed E-state index contributed by atoms with van der Waals surface area (Å²) in [7, 11) is 1.55. The van der Waals surface area contributed by atoms with E-state index in [-0.39, 0.29) is 11.8 Å². The van der Waals surface area contributed by atoms with E-state index in [0.29, 0.717) is 27.8 Å². The summed E-state index contributed by atoms with van der Waals surface area (Å²) in [6.45, 7) is 4.02. The number of ether oxygens (including phenoxy) is 2. The Bertz CT molecular complexity index is 942. The molecule has 0 bridgehead atoms. The van der Waals surface area contributed by atoms with Crippen molar-refractivity contribution < 1.29 is 19.1 Å². The summed E-state index contributed by atoms with van der Waals surface area (Å²) < 4.78 is 11.2. The SMILES string of the molecule is CC[C@H](C)Oc1ccc(/C=C2\NC(=O)N(c3cccc(Cl)c3)C2=O)cc1OC. The molecular weight excluding hydrogens is 380 g/mol. The molecule has 1 aliphatic heterocycles. The van der Waals surface area contributed by atoms with Crippen LogP contribution < -0.4 is 19.7 Å². The first-order valence-corrected chi connectivity index (χ1v) is 9.28. The average molecular weight is 401 g/mol. The minimum absolute atomic E-state index is 0.0556. The van der Waals surface area contributed by atoms with Crippen LogP contribution in [0.5, 0.6) is 11.5 Å². The summed E-state index contributed by atoms with van der Waals surface area (Å²) in [5.41, 5.74) is 1.28. The van der Waals surface area contributed by atoms with E-state index in [1.54, 1.807) is 55.7 Å². The van der Waals surface area contributed by atoms with Crippen LogP contribution in [0.3, 0.4) is 0 Å². The number of methoxy groups -OCH3 is 1. The largest absolute Gasteiger partial charge is 0.493 e. The quantitative estimate of drug-likeness (QED) is 0.567. The lowest BCUT2D eigenvalue weighted by Crippen LogP contribution is -2.30. The maximum absolute atomic E-state index is 12.7. The summed E-state index contributed by atoms with van der Waals surface area (Å²) >= 11 is 5.97. The number of urea groups is 1. The molecule has 0 unspecified atom stereocenters. The van der Waals surface area contributed by atoms with Gasteiger partial charge in [-0.25, -0.2) is 9.69 Å². The van der Waals surface area contributed by atoms with Gasteiger partial charge in [0.15, 0.2) is 11.5 Å².